The predicted octanol–water partition coefficient (Wildman–Crippen LogP) is 4.00. The molecular weight excluding hydrogens is 378 g/mol. The van der Waals surface area contributed by atoms with Gasteiger partial charge in [-0.3, -0.25) is 4.79 Å². The molecule has 0 aliphatic carbocycles. The summed E-state index contributed by atoms with van der Waals surface area (Å²) < 4.78 is 16.4. The Kier molecular flexibility index (Phi) is 6.70. The first-order chi connectivity index (χ1) is 14.7. The lowest BCUT2D eigenvalue weighted by atomic mass is 9.74. The van der Waals surface area contributed by atoms with Gasteiger partial charge in [0.25, 0.3) is 0 Å². The highest BCUT2D eigenvalue weighted by molar-refractivity contribution is 5.83. The summed E-state index contributed by atoms with van der Waals surface area (Å²) in [4.78, 5) is 13.4. The van der Waals surface area contributed by atoms with Crippen LogP contribution >= 0.6 is 0 Å². The Bertz CT molecular complexity index is 836. The number of carbonyl (C=O) groups excluding carboxylic acids is 1. The van der Waals surface area contributed by atoms with Gasteiger partial charge in [-0.2, -0.15) is 0 Å². The molecule has 5 nitrogen and oxygen atoms in total. The average molecular weight is 410 g/mol. The van der Waals surface area contributed by atoms with E-state index in [1.807, 2.05) is 12.1 Å². The molecule has 0 bridgehead atoms. The Morgan fingerprint density at radius 3 is 2.57 bits per heavy atom. The number of ether oxygens (including phenoxy) is 3. The molecule has 160 valence electrons. The van der Waals surface area contributed by atoms with Crippen molar-refractivity contribution in [3.63, 3.8) is 0 Å². The second-order valence-electron chi connectivity index (χ2n) is 8.39. The summed E-state index contributed by atoms with van der Waals surface area (Å²) in [5, 5.41) is 3.28. The summed E-state index contributed by atoms with van der Waals surface area (Å²) in [5.41, 5.74) is 3.05. The van der Waals surface area contributed by atoms with Gasteiger partial charge in [0.15, 0.2) is 0 Å². The summed E-state index contributed by atoms with van der Waals surface area (Å²) in [6.07, 6.45) is 4.22. The maximum Gasteiger partial charge on any atom is 0.227 e. The summed E-state index contributed by atoms with van der Waals surface area (Å²) in [5.74, 6) is 0.996. The van der Waals surface area contributed by atoms with Crippen molar-refractivity contribution in [2.45, 2.75) is 38.1 Å². The lowest BCUT2D eigenvalue weighted by molar-refractivity contribution is -0.138. The molecule has 1 atom stereocenters. The Labute approximate surface area is 178 Å². The number of rotatable bonds is 6. The minimum Gasteiger partial charge on any atom is -0.497 e. The Hall–Kier alpha value is -2.37. The van der Waals surface area contributed by atoms with Crippen LogP contribution in [-0.4, -0.2) is 45.5 Å². The van der Waals surface area contributed by atoms with Gasteiger partial charge in [0, 0.05) is 19.8 Å². The Morgan fingerprint density at radius 2 is 1.87 bits per heavy atom. The van der Waals surface area contributed by atoms with E-state index in [4.69, 9.17) is 14.2 Å². The maximum atomic E-state index is 13.4. The number of nitrogens with one attached hydrogen (secondary N) is 1. The molecule has 0 saturated carbocycles. The van der Waals surface area contributed by atoms with Gasteiger partial charge in [-0.1, -0.05) is 36.4 Å². The van der Waals surface area contributed by atoms with E-state index in [2.05, 4.69) is 41.7 Å². The van der Waals surface area contributed by atoms with Crippen molar-refractivity contribution < 1.29 is 19.0 Å². The van der Waals surface area contributed by atoms with Crippen molar-refractivity contribution in [1.82, 2.24) is 5.32 Å². The second kappa shape index (κ2) is 9.63. The normalized spacial score (nSPS) is 21.0. The molecule has 5 heteroatoms. The first kappa shape index (κ1) is 20.9. The molecule has 2 heterocycles. The molecule has 30 heavy (non-hydrogen) atoms. The molecule has 0 radical (unpaired) electrons. The predicted molar refractivity (Wildman–Crippen MR) is 117 cm³/mol. The van der Waals surface area contributed by atoms with Crippen LogP contribution in [0.2, 0.25) is 0 Å². The molecule has 2 saturated heterocycles. The third-order valence-electron chi connectivity index (χ3n) is 6.32. The second-order valence-corrected chi connectivity index (χ2v) is 8.39. The monoisotopic (exact) mass is 409 g/mol. The molecule has 0 spiro atoms. The molecule has 4 rings (SSSR count). The van der Waals surface area contributed by atoms with Gasteiger partial charge in [0.2, 0.25) is 5.91 Å². The van der Waals surface area contributed by atoms with Gasteiger partial charge in [-0.05, 0) is 60.9 Å². The number of benzene rings is 2. The van der Waals surface area contributed by atoms with Crippen LogP contribution in [0.1, 0.15) is 31.2 Å². The summed E-state index contributed by atoms with van der Waals surface area (Å²) >= 11 is 0. The molecule has 2 aromatic carbocycles. The Morgan fingerprint density at radius 1 is 1.07 bits per heavy atom. The smallest absolute Gasteiger partial charge is 0.227 e. The van der Waals surface area contributed by atoms with E-state index in [1.165, 1.54) is 5.56 Å². The fourth-order valence-corrected chi connectivity index (χ4v) is 4.47. The van der Waals surface area contributed by atoms with Crippen LogP contribution in [0, 0.1) is 5.41 Å². The van der Waals surface area contributed by atoms with E-state index in [1.54, 1.807) is 7.11 Å². The standard InChI is InChI=1S/C25H31NO4/c1-28-23-9-7-20(8-10-23)21-5-2-4-19(16-21)17-25(11-14-29-15-12-25)24(27)26-22-6-3-13-30-18-22/h2,4-5,7-10,16,22H,3,6,11-15,17-18H2,1H3,(H,26,27). The van der Waals surface area contributed by atoms with Crippen LogP contribution in [0.4, 0.5) is 0 Å². The van der Waals surface area contributed by atoms with Crippen molar-refractivity contribution in [2.24, 2.45) is 5.41 Å². The third-order valence-corrected chi connectivity index (χ3v) is 6.32. The fraction of sp³-hybridized carbons (Fsp3) is 0.480. The van der Waals surface area contributed by atoms with Gasteiger partial charge < -0.3 is 19.5 Å². The van der Waals surface area contributed by atoms with Gasteiger partial charge in [-0.25, -0.2) is 0 Å². The van der Waals surface area contributed by atoms with Crippen molar-refractivity contribution in [2.75, 3.05) is 33.5 Å². The minimum atomic E-state index is -0.422. The molecular formula is C25H31NO4. The SMILES string of the molecule is COc1ccc(-c2cccc(CC3(C(=O)NC4CCCOC4)CCOCC3)c2)cc1. The van der Waals surface area contributed by atoms with Crippen molar-refractivity contribution >= 4 is 5.91 Å². The number of carbonyl (C=O) groups is 1. The van der Waals surface area contributed by atoms with Crippen molar-refractivity contribution in [3.8, 4) is 16.9 Å². The maximum absolute atomic E-state index is 13.4. The number of hydrogen-bond donors (Lipinski definition) is 1. The summed E-state index contributed by atoms with van der Waals surface area (Å²) in [7, 11) is 1.67. The zero-order valence-corrected chi connectivity index (χ0v) is 17.7. The first-order valence-corrected chi connectivity index (χ1v) is 10.9. The molecule has 2 fully saturated rings. The van der Waals surface area contributed by atoms with Gasteiger partial charge in [-0.15, -0.1) is 0 Å². The van der Waals surface area contributed by atoms with Crippen LogP contribution in [0.25, 0.3) is 11.1 Å². The largest absolute Gasteiger partial charge is 0.497 e. The zero-order chi connectivity index (χ0) is 20.8. The first-order valence-electron chi connectivity index (χ1n) is 10.9. The van der Waals surface area contributed by atoms with E-state index in [9.17, 15) is 4.79 Å². The van der Waals surface area contributed by atoms with Crippen LogP contribution in [0.15, 0.2) is 48.5 Å². The molecule has 1 N–H and O–H groups in total. The van der Waals surface area contributed by atoms with E-state index in [-0.39, 0.29) is 11.9 Å². The van der Waals surface area contributed by atoms with E-state index in [0.717, 1.165) is 55.6 Å². The Balaban J connectivity index is 1.53. The third kappa shape index (κ3) is 4.85. The molecule has 0 aromatic heterocycles. The highest BCUT2D eigenvalue weighted by atomic mass is 16.5. The highest BCUT2D eigenvalue weighted by Crippen LogP contribution is 2.36. The molecule has 1 unspecified atom stereocenters. The lowest BCUT2D eigenvalue weighted by Crippen LogP contribution is -2.51. The lowest BCUT2D eigenvalue weighted by Gasteiger charge is -2.37. The van der Waals surface area contributed by atoms with E-state index < -0.39 is 5.41 Å². The molecule has 2 aliphatic heterocycles. The number of methoxy groups -OCH3 is 1. The van der Waals surface area contributed by atoms with Crippen molar-refractivity contribution in [1.29, 1.82) is 0 Å². The van der Waals surface area contributed by atoms with Crippen LogP contribution < -0.4 is 10.1 Å². The minimum absolute atomic E-state index is 0.122. The van der Waals surface area contributed by atoms with Crippen LogP contribution in [0.5, 0.6) is 5.75 Å². The fourth-order valence-electron chi connectivity index (χ4n) is 4.47. The molecule has 2 aromatic rings. The van der Waals surface area contributed by atoms with Gasteiger partial charge >= 0.3 is 0 Å². The van der Waals surface area contributed by atoms with Crippen LogP contribution in [0.3, 0.4) is 0 Å². The zero-order valence-electron chi connectivity index (χ0n) is 17.7. The summed E-state index contributed by atoms with van der Waals surface area (Å²) in [6.45, 7) is 2.67. The molecule has 2 aliphatic rings. The van der Waals surface area contributed by atoms with Crippen molar-refractivity contribution in [3.05, 3.63) is 54.1 Å². The van der Waals surface area contributed by atoms with E-state index >= 15 is 0 Å². The highest BCUT2D eigenvalue weighted by Gasteiger charge is 2.41. The molecule has 1 amide bonds. The average Bonchev–Trinajstić information content (AvgIpc) is 2.80. The number of hydrogen-bond acceptors (Lipinski definition) is 4. The topological polar surface area (TPSA) is 56.8 Å². The van der Waals surface area contributed by atoms with Gasteiger partial charge in [0.05, 0.1) is 25.2 Å². The van der Waals surface area contributed by atoms with Crippen LogP contribution in [-0.2, 0) is 20.7 Å². The number of amides is 1. The quantitative estimate of drug-likeness (QED) is 0.784. The van der Waals surface area contributed by atoms with Gasteiger partial charge in [0.1, 0.15) is 5.75 Å². The summed E-state index contributed by atoms with van der Waals surface area (Å²) in [6, 6.07) is 16.7. The van der Waals surface area contributed by atoms with E-state index in [0.29, 0.717) is 19.8 Å².